The van der Waals surface area contributed by atoms with Gasteiger partial charge in [-0.3, -0.25) is 0 Å². The summed E-state index contributed by atoms with van der Waals surface area (Å²) >= 11 is 18.2. The summed E-state index contributed by atoms with van der Waals surface area (Å²) in [6, 6.07) is 10.3. The highest BCUT2D eigenvalue weighted by Crippen LogP contribution is 2.32. The molecular weight excluding hydrogens is 411 g/mol. The van der Waals surface area contributed by atoms with Gasteiger partial charge in [-0.05, 0) is 30.3 Å². The number of aromatic nitrogens is 3. The molecule has 1 aromatic heterocycles. The van der Waals surface area contributed by atoms with Crippen LogP contribution >= 0.6 is 34.8 Å². The molecule has 0 spiro atoms. The fourth-order valence-electron chi connectivity index (χ4n) is 2.75. The zero-order valence-corrected chi connectivity index (χ0v) is 16.1. The van der Waals surface area contributed by atoms with E-state index >= 15 is 0 Å². The average Bonchev–Trinajstić information content (AvgIpc) is 3.17. The highest BCUT2D eigenvalue weighted by Gasteiger charge is 2.30. The molecule has 1 aliphatic rings. The smallest absolute Gasteiger partial charge is 0.143 e. The van der Waals surface area contributed by atoms with Gasteiger partial charge in [0.05, 0.1) is 0 Å². The number of benzene rings is 2. The SMILES string of the molecule is Clc1ccc(CO/N=C2/c3ccc(Cl)cc3OCC2n2cncn2)c(Cl)c1. The van der Waals surface area contributed by atoms with E-state index in [0.29, 0.717) is 33.1 Å². The molecule has 138 valence electrons. The molecular formula is C18H13Cl3N4O2. The Morgan fingerprint density at radius 2 is 1.96 bits per heavy atom. The standard InChI is InChI=1S/C18H13Cl3N4O2/c19-12-2-1-11(15(21)5-12)7-27-24-18-14-4-3-13(20)6-17(14)26-8-16(18)25-10-22-9-23-25/h1-6,9-10,16H,7-8H2/b24-18-. The summed E-state index contributed by atoms with van der Waals surface area (Å²) in [5, 5.41) is 10.2. The van der Waals surface area contributed by atoms with E-state index in [2.05, 4.69) is 15.2 Å². The Bertz CT molecular complexity index is 992. The first-order chi connectivity index (χ1) is 13.1. The average molecular weight is 424 g/mol. The molecule has 27 heavy (non-hydrogen) atoms. The minimum Gasteiger partial charge on any atom is -0.490 e. The van der Waals surface area contributed by atoms with Crippen LogP contribution in [0.2, 0.25) is 15.1 Å². The third-order valence-corrected chi connectivity index (χ3v) is 4.91. The molecule has 0 N–H and O–H groups in total. The lowest BCUT2D eigenvalue weighted by Crippen LogP contribution is -2.31. The molecule has 0 saturated carbocycles. The van der Waals surface area contributed by atoms with Gasteiger partial charge in [-0.25, -0.2) is 9.67 Å². The number of hydrogen-bond acceptors (Lipinski definition) is 5. The largest absolute Gasteiger partial charge is 0.490 e. The fourth-order valence-corrected chi connectivity index (χ4v) is 3.38. The van der Waals surface area contributed by atoms with E-state index in [4.69, 9.17) is 44.4 Å². The number of oxime groups is 1. The van der Waals surface area contributed by atoms with Gasteiger partial charge in [-0.15, -0.1) is 0 Å². The summed E-state index contributed by atoms with van der Waals surface area (Å²) in [6.45, 7) is 0.536. The van der Waals surface area contributed by atoms with Crippen molar-refractivity contribution in [3.8, 4) is 5.75 Å². The fraction of sp³-hybridized carbons (Fsp3) is 0.167. The van der Waals surface area contributed by atoms with Crippen LogP contribution in [0.1, 0.15) is 17.2 Å². The van der Waals surface area contributed by atoms with E-state index in [1.54, 1.807) is 41.3 Å². The van der Waals surface area contributed by atoms with E-state index < -0.39 is 0 Å². The first-order valence-electron chi connectivity index (χ1n) is 8.02. The van der Waals surface area contributed by atoms with Crippen molar-refractivity contribution >= 4 is 40.5 Å². The summed E-state index contributed by atoms with van der Waals surface area (Å²) in [7, 11) is 0. The third kappa shape index (κ3) is 3.88. The molecule has 0 bridgehead atoms. The van der Waals surface area contributed by atoms with Crippen LogP contribution in [0.15, 0.2) is 54.2 Å². The second-order valence-corrected chi connectivity index (χ2v) is 7.11. The first kappa shape index (κ1) is 18.1. The van der Waals surface area contributed by atoms with E-state index in [9.17, 15) is 0 Å². The van der Waals surface area contributed by atoms with Gasteiger partial charge in [-0.2, -0.15) is 5.10 Å². The minimum absolute atomic E-state index is 0.202. The third-order valence-electron chi connectivity index (χ3n) is 4.09. The maximum Gasteiger partial charge on any atom is 0.143 e. The van der Waals surface area contributed by atoms with Gasteiger partial charge in [0.25, 0.3) is 0 Å². The lowest BCUT2D eigenvalue weighted by Gasteiger charge is -2.26. The number of ether oxygens (including phenoxy) is 1. The summed E-state index contributed by atoms with van der Waals surface area (Å²) in [4.78, 5) is 9.60. The topological polar surface area (TPSA) is 61.5 Å². The summed E-state index contributed by atoms with van der Waals surface area (Å²) in [5.41, 5.74) is 2.24. The van der Waals surface area contributed by atoms with Crippen molar-refractivity contribution in [3.63, 3.8) is 0 Å². The van der Waals surface area contributed by atoms with Crippen molar-refractivity contribution in [3.05, 3.63) is 75.2 Å². The molecule has 0 fully saturated rings. The van der Waals surface area contributed by atoms with Crippen LogP contribution in [0.25, 0.3) is 0 Å². The number of rotatable bonds is 4. The van der Waals surface area contributed by atoms with Gasteiger partial charge in [-0.1, -0.05) is 46.0 Å². The molecule has 1 atom stereocenters. The highest BCUT2D eigenvalue weighted by atomic mass is 35.5. The van der Waals surface area contributed by atoms with E-state index in [0.717, 1.165) is 11.1 Å². The Hall–Kier alpha value is -2.28. The van der Waals surface area contributed by atoms with Crippen LogP contribution in [0, 0.1) is 0 Å². The molecule has 0 radical (unpaired) electrons. The molecule has 1 unspecified atom stereocenters. The molecule has 0 saturated heterocycles. The Kier molecular flexibility index (Phi) is 5.20. The summed E-state index contributed by atoms with van der Waals surface area (Å²) in [5.74, 6) is 0.644. The van der Waals surface area contributed by atoms with Gasteiger partial charge in [0.15, 0.2) is 0 Å². The van der Waals surface area contributed by atoms with Crippen LogP contribution in [0.5, 0.6) is 5.75 Å². The second-order valence-electron chi connectivity index (χ2n) is 5.83. The van der Waals surface area contributed by atoms with E-state index in [-0.39, 0.29) is 12.6 Å². The van der Waals surface area contributed by atoms with Crippen molar-refractivity contribution < 1.29 is 9.57 Å². The van der Waals surface area contributed by atoms with Crippen molar-refractivity contribution in [2.75, 3.05) is 6.61 Å². The molecule has 2 heterocycles. The highest BCUT2D eigenvalue weighted by molar-refractivity contribution is 6.35. The molecule has 1 aliphatic heterocycles. The van der Waals surface area contributed by atoms with E-state index in [1.165, 1.54) is 6.33 Å². The maximum atomic E-state index is 6.19. The quantitative estimate of drug-likeness (QED) is 0.566. The number of fused-ring (bicyclic) bond motifs is 1. The first-order valence-corrected chi connectivity index (χ1v) is 9.16. The maximum absolute atomic E-state index is 6.19. The lowest BCUT2D eigenvalue weighted by atomic mass is 10.0. The van der Waals surface area contributed by atoms with Crippen LogP contribution in [-0.4, -0.2) is 27.1 Å². The van der Waals surface area contributed by atoms with E-state index in [1.807, 2.05) is 6.07 Å². The predicted molar refractivity (Wildman–Crippen MR) is 104 cm³/mol. The normalized spacial score (nSPS) is 17.4. The second kappa shape index (κ2) is 7.76. The number of nitrogens with zero attached hydrogens (tertiary/aromatic N) is 4. The molecule has 0 aliphatic carbocycles. The van der Waals surface area contributed by atoms with Gasteiger partial charge >= 0.3 is 0 Å². The monoisotopic (exact) mass is 422 g/mol. The van der Waals surface area contributed by atoms with Gasteiger partial charge in [0.2, 0.25) is 0 Å². The number of halogens is 3. The van der Waals surface area contributed by atoms with Gasteiger partial charge in [0, 0.05) is 26.2 Å². The van der Waals surface area contributed by atoms with Crippen LogP contribution < -0.4 is 4.74 Å². The number of hydrogen-bond donors (Lipinski definition) is 0. The molecule has 9 heteroatoms. The van der Waals surface area contributed by atoms with Crippen molar-refractivity contribution in [2.45, 2.75) is 12.6 Å². The van der Waals surface area contributed by atoms with Crippen LogP contribution in [-0.2, 0) is 11.4 Å². The van der Waals surface area contributed by atoms with Crippen molar-refractivity contribution in [1.82, 2.24) is 14.8 Å². The Morgan fingerprint density at radius 1 is 1.15 bits per heavy atom. The Balaban J connectivity index is 1.64. The lowest BCUT2D eigenvalue weighted by molar-refractivity contribution is 0.127. The Morgan fingerprint density at radius 3 is 2.74 bits per heavy atom. The predicted octanol–water partition coefficient (Wildman–Crippen LogP) is 4.79. The minimum atomic E-state index is -0.276. The van der Waals surface area contributed by atoms with Crippen LogP contribution in [0.3, 0.4) is 0 Å². The van der Waals surface area contributed by atoms with Crippen molar-refractivity contribution in [1.29, 1.82) is 0 Å². The molecule has 3 aromatic rings. The van der Waals surface area contributed by atoms with Gasteiger partial charge < -0.3 is 9.57 Å². The molecule has 0 amide bonds. The van der Waals surface area contributed by atoms with Crippen LogP contribution in [0.4, 0.5) is 0 Å². The molecule has 2 aromatic carbocycles. The van der Waals surface area contributed by atoms with Gasteiger partial charge in [0.1, 0.15) is 43.4 Å². The zero-order chi connectivity index (χ0) is 18.8. The van der Waals surface area contributed by atoms with Crippen molar-refractivity contribution in [2.24, 2.45) is 5.16 Å². The summed E-state index contributed by atoms with van der Waals surface area (Å²) in [6.07, 6.45) is 3.07. The molecule has 4 rings (SSSR count). The molecule has 6 nitrogen and oxygen atoms in total. The summed E-state index contributed by atoms with van der Waals surface area (Å²) < 4.78 is 7.50. The Labute approximate surface area is 170 Å². The zero-order valence-electron chi connectivity index (χ0n) is 13.8.